The van der Waals surface area contributed by atoms with Gasteiger partial charge in [-0.25, -0.2) is 9.13 Å². The summed E-state index contributed by atoms with van der Waals surface area (Å²) in [5, 5.41) is 0. The maximum atomic E-state index is 9.63. The molecule has 14 heavy (non-hydrogen) atoms. The van der Waals surface area contributed by atoms with E-state index in [-0.39, 0.29) is 31.0 Å². The van der Waals surface area contributed by atoms with Crippen molar-refractivity contribution in [3.63, 3.8) is 0 Å². The van der Waals surface area contributed by atoms with Gasteiger partial charge in [0.25, 0.3) is 0 Å². The van der Waals surface area contributed by atoms with Gasteiger partial charge in [-0.15, -0.1) is 9.79 Å². The normalized spacial score (nSPS) is 10.7. The molecule has 0 atom stereocenters. The molecule has 0 fully saturated rings. The summed E-state index contributed by atoms with van der Waals surface area (Å²) in [6, 6.07) is 0. The first kappa shape index (κ1) is 20.7. The van der Waals surface area contributed by atoms with Crippen LogP contribution in [0.5, 0.6) is 0 Å². The molecule has 0 aromatic heterocycles. The van der Waals surface area contributed by atoms with E-state index in [0.29, 0.717) is 0 Å². The topological polar surface area (TPSA) is 182 Å². The van der Waals surface area contributed by atoms with Crippen LogP contribution in [0, 0.1) is 0 Å². The molecule has 0 radical (unpaired) electrons. The molecule has 82 valence electrons. The third-order valence-corrected chi connectivity index (χ3v) is 1.91. The van der Waals surface area contributed by atoms with Crippen LogP contribution < -0.4 is 29.6 Å². The molecule has 0 saturated heterocycles. The fraction of sp³-hybridized carbons (Fsp3) is 0. The molecule has 6 N–H and O–H groups in total. The van der Waals surface area contributed by atoms with Gasteiger partial charge in [0.1, 0.15) is 0 Å². The van der Waals surface area contributed by atoms with Gasteiger partial charge in [0.05, 0.1) is 0 Å². The van der Waals surface area contributed by atoms with E-state index >= 15 is 0 Å². The van der Waals surface area contributed by atoms with Crippen LogP contribution in [0.15, 0.2) is 0 Å². The summed E-state index contributed by atoms with van der Waals surface area (Å²) >= 11 is 0. The minimum atomic E-state index is -5.05. The summed E-state index contributed by atoms with van der Waals surface area (Å²) in [6.45, 7) is 0. The van der Waals surface area contributed by atoms with Crippen molar-refractivity contribution >= 4 is 23.9 Å². The Labute approximate surface area is 102 Å². The largest absolute Gasteiger partial charge is 1.00 e. The third-order valence-electron chi connectivity index (χ3n) is 0.213. The Kier molecular flexibility index (Phi) is 12.4. The third kappa shape index (κ3) is 37.8. The zero-order chi connectivity index (χ0) is 11.3. The van der Waals surface area contributed by atoms with Crippen LogP contribution in [0.1, 0.15) is 1.43 Å². The van der Waals surface area contributed by atoms with Crippen LogP contribution in [0.4, 0.5) is 0 Å². The van der Waals surface area contributed by atoms with Crippen LogP contribution in [-0.2, 0) is 18.0 Å². The van der Waals surface area contributed by atoms with Crippen molar-refractivity contribution in [2.75, 3.05) is 0 Å². The Balaban J connectivity index is -0.0000000883. The second-order valence-electron chi connectivity index (χ2n) is 1.32. The van der Waals surface area contributed by atoms with E-state index in [0.717, 1.165) is 0 Å². The van der Waals surface area contributed by atoms with Gasteiger partial charge in [0.2, 0.25) is 0 Å². The Morgan fingerprint density at radius 1 is 1.00 bits per heavy atom. The van der Waals surface area contributed by atoms with Gasteiger partial charge in [-0.3, -0.25) is 0 Å². The van der Waals surface area contributed by atoms with Crippen LogP contribution in [0.3, 0.4) is 0 Å². The van der Waals surface area contributed by atoms with E-state index in [1.165, 1.54) is 0 Å². The van der Waals surface area contributed by atoms with Gasteiger partial charge in [0, 0.05) is 4.57 Å². The van der Waals surface area contributed by atoms with Crippen molar-refractivity contribution < 1.29 is 78.4 Å². The Bertz CT molecular complexity index is 225. The Morgan fingerprint density at radius 2 is 1.14 bits per heavy atom. The molecule has 0 aromatic rings. The maximum absolute atomic E-state index is 9.63. The number of phosphoric acid groups is 2. The molecule has 0 unspecified atom stereocenters. The summed E-state index contributed by atoms with van der Waals surface area (Å²) in [5.41, 5.74) is 0. The van der Waals surface area contributed by atoms with E-state index in [9.17, 15) is 9.13 Å². The summed E-state index contributed by atoms with van der Waals surface area (Å²) < 4.78 is 30.9. The van der Waals surface area contributed by atoms with Gasteiger partial charge in [0.15, 0.2) is 0 Å². The minimum absolute atomic E-state index is 0. The van der Waals surface area contributed by atoms with E-state index in [2.05, 4.69) is 4.31 Å². The van der Waals surface area contributed by atoms with Gasteiger partial charge in [-0.1, -0.05) is 0 Å². The first-order chi connectivity index (χ1) is 5.44. The van der Waals surface area contributed by atoms with E-state index in [1.54, 1.807) is 0 Å². The zero-order valence-electron chi connectivity index (χ0n) is 7.66. The van der Waals surface area contributed by atoms with Crippen LogP contribution >= 0.6 is 23.9 Å². The molecule has 10 nitrogen and oxygen atoms in total. The second kappa shape index (κ2) is 8.43. The quantitative estimate of drug-likeness (QED) is 0.215. The zero-order valence-corrected chi connectivity index (χ0v) is 11.3. The maximum Gasteiger partial charge on any atom is 1.00 e. The molecular weight excluding hydrogens is 276 g/mol. The summed E-state index contributed by atoms with van der Waals surface area (Å²) in [7, 11) is -13.0. The molecule has 0 aliphatic heterocycles. The number of rotatable bonds is 2. The smallest absolute Gasteiger partial charge is 1.00 e. The number of hydrogen-bond acceptors (Lipinski definition) is 4. The summed E-state index contributed by atoms with van der Waals surface area (Å²) in [5.74, 6) is 0. The molecule has 0 spiro atoms. The first-order valence-electron chi connectivity index (χ1n) is 2.11. The standard InChI is InChI=1S/Na.H4O7P2.HO3P.H/c;1-8(2,3)7-9(4,5)6;1-4(2)3;/h;(H2,1,2,3)(H2,4,5,6);(H-,1,2,3);/q+1;;;-1/p+1. The van der Waals surface area contributed by atoms with Gasteiger partial charge in [-0.05, 0) is 0 Å². The van der Waals surface area contributed by atoms with Crippen LogP contribution in [-0.4, -0.2) is 29.4 Å². The molecule has 0 amide bonds. The first-order valence-corrected chi connectivity index (χ1v) is 6.34. The van der Waals surface area contributed by atoms with Crippen LogP contribution in [0.2, 0.25) is 0 Å². The van der Waals surface area contributed by atoms with Gasteiger partial charge < -0.3 is 21.0 Å². The van der Waals surface area contributed by atoms with E-state index < -0.39 is 23.9 Å². The molecule has 0 saturated carbocycles. The predicted molar refractivity (Wildman–Crippen MR) is 38.3 cm³/mol. The fourth-order valence-electron chi connectivity index (χ4n) is 0.139. The average molecular weight is 283 g/mol. The summed E-state index contributed by atoms with van der Waals surface area (Å²) in [4.78, 5) is 45.2. The van der Waals surface area contributed by atoms with Crippen molar-refractivity contribution in [3.8, 4) is 0 Å². The Morgan fingerprint density at radius 3 is 1.14 bits per heavy atom. The molecule has 0 aliphatic carbocycles. The summed E-state index contributed by atoms with van der Waals surface area (Å²) in [6.07, 6.45) is 0. The average Bonchev–Trinajstić information content (AvgIpc) is 1.47. The minimum Gasteiger partial charge on any atom is -1.00 e. The second-order valence-corrected chi connectivity index (χ2v) is 4.44. The predicted octanol–water partition coefficient (Wildman–Crippen LogP) is -4.07. The molecule has 0 rings (SSSR count). The van der Waals surface area contributed by atoms with Crippen molar-refractivity contribution in [1.29, 1.82) is 0 Å². The molecular formula is H7NaO10P3+. The fourth-order valence-corrected chi connectivity index (χ4v) is 1.25. The molecule has 0 aliphatic rings. The van der Waals surface area contributed by atoms with E-state index in [4.69, 9.17) is 33.9 Å². The van der Waals surface area contributed by atoms with E-state index in [1.807, 2.05) is 0 Å². The monoisotopic (exact) mass is 283 g/mol. The van der Waals surface area contributed by atoms with Crippen molar-refractivity contribution in [3.05, 3.63) is 0 Å². The van der Waals surface area contributed by atoms with Crippen molar-refractivity contribution in [2.45, 2.75) is 0 Å². The van der Waals surface area contributed by atoms with Crippen molar-refractivity contribution in [1.82, 2.24) is 0 Å². The number of hydrogen-bond donors (Lipinski definition) is 6. The molecule has 0 aromatic carbocycles. The molecule has 14 heteroatoms. The molecule has 0 heterocycles. The van der Waals surface area contributed by atoms with Gasteiger partial charge in [-0.2, -0.15) is 4.31 Å². The SMILES string of the molecule is O=P(O)(O)OP(=O)(O)O.O=[P+](O)O.[H-].[Na+]. The van der Waals surface area contributed by atoms with Crippen LogP contribution in [0.25, 0.3) is 0 Å². The Hall–Kier alpha value is 1.28. The van der Waals surface area contributed by atoms with Gasteiger partial charge >= 0.3 is 53.5 Å². The van der Waals surface area contributed by atoms with Crippen molar-refractivity contribution in [2.24, 2.45) is 0 Å². The molecule has 0 bridgehead atoms.